The van der Waals surface area contributed by atoms with E-state index in [0.29, 0.717) is 5.39 Å². The highest BCUT2D eigenvalue weighted by molar-refractivity contribution is 5.90. The van der Waals surface area contributed by atoms with Crippen molar-refractivity contribution in [2.45, 2.75) is 32.7 Å². The molecule has 1 heterocycles. The summed E-state index contributed by atoms with van der Waals surface area (Å²) in [4.78, 5) is 27.9. The summed E-state index contributed by atoms with van der Waals surface area (Å²) in [6, 6.07) is 13.3. The van der Waals surface area contributed by atoms with Crippen molar-refractivity contribution in [1.29, 1.82) is 0 Å². The van der Waals surface area contributed by atoms with Gasteiger partial charge >= 0.3 is 5.97 Å². The Hall–Kier alpha value is -3.15. The van der Waals surface area contributed by atoms with Crippen LogP contribution in [0.25, 0.3) is 10.9 Å². The van der Waals surface area contributed by atoms with Gasteiger partial charge < -0.3 is 15.0 Å². The molecule has 2 N–H and O–H groups in total. The molecule has 0 aliphatic heterocycles. The Balaban J connectivity index is 1.80. The number of carbonyl (C=O) groups is 2. The fraction of sp³-hybridized carbons (Fsp3) is 0.273. The molecule has 0 fully saturated rings. The van der Waals surface area contributed by atoms with Crippen molar-refractivity contribution >= 4 is 22.8 Å². The second-order valence-corrected chi connectivity index (χ2v) is 6.64. The lowest BCUT2D eigenvalue weighted by molar-refractivity contribution is -0.143. The lowest BCUT2D eigenvalue weighted by Crippen LogP contribution is -2.31. The third-order valence-electron chi connectivity index (χ3n) is 4.63. The lowest BCUT2D eigenvalue weighted by atomic mass is 10.0. The van der Waals surface area contributed by atoms with Crippen LogP contribution in [0.15, 0.2) is 48.5 Å². The van der Waals surface area contributed by atoms with Crippen molar-refractivity contribution < 1.29 is 18.7 Å². The van der Waals surface area contributed by atoms with E-state index < -0.39 is 6.04 Å². The van der Waals surface area contributed by atoms with Crippen LogP contribution in [0, 0.1) is 12.7 Å². The average molecular weight is 382 g/mol. The number of carbonyl (C=O) groups excluding carboxylic acids is 2. The third-order valence-corrected chi connectivity index (χ3v) is 4.63. The van der Waals surface area contributed by atoms with Gasteiger partial charge in [0.15, 0.2) is 0 Å². The highest BCUT2D eigenvalue weighted by Gasteiger charge is 2.21. The van der Waals surface area contributed by atoms with Crippen molar-refractivity contribution in [1.82, 2.24) is 10.3 Å². The molecule has 0 radical (unpaired) electrons. The van der Waals surface area contributed by atoms with E-state index in [0.717, 1.165) is 22.3 Å². The number of nitrogens with one attached hydrogen (secondary N) is 2. The van der Waals surface area contributed by atoms with Crippen molar-refractivity contribution in [2.24, 2.45) is 0 Å². The van der Waals surface area contributed by atoms with Crippen LogP contribution in [0.3, 0.4) is 0 Å². The normalized spacial score (nSPS) is 12.0. The van der Waals surface area contributed by atoms with E-state index in [1.165, 1.54) is 12.1 Å². The monoisotopic (exact) mass is 382 g/mol. The predicted octanol–water partition coefficient (Wildman–Crippen LogP) is 3.97. The summed E-state index contributed by atoms with van der Waals surface area (Å²) in [5.74, 6) is -0.967. The second kappa shape index (κ2) is 8.69. The Morgan fingerprint density at radius 3 is 2.64 bits per heavy atom. The van der Waals surface area contributed by atoms with Crippen molar-refractivity contribution in [3.63, 3.8) is 0 Å². The molecule has 3 rings (SSSR count). The van der Waals surface area contributed by atoms with E-state index in [4.69, 9.17) is 4.74 Å². The number of fused-ring (bicyclic) bond motifs is 1. The van der Waals surface area contributed by atoms with E-state index in [1.807, 2.05) is 37.3 Å². The fourth-order valence-corrected chi connectivity index (χ4v) is 3.31. The maximum absolute atomic E-state index is 13.6. The molecule has 1 unspecified atom stereocenters. The molecule has 1 amide bonds. The van der Waals surface area contributed by atoms with Crippen LogP contribution >= 0.6 is 0 Å². The standard InChI is InChI=1S/C22H23FN2O3/c1-3-28-22(27)13-20(15-7-5-4-6-8-15)25-21(26)12-17-14(2)24-19-10-9-16(23)11-18(17)19/h4-11,20,24H,3,12-13H2,1-2H3,(H,25,26). The number of aromatic nitrogens is 1. The summed E-state index contributed by atoms with van der Waals surface area (Å²) in [6.45, 7) is 3.88. The maximum atomic E-state index is 13.6. The summed E-state index contributed by atoms with van der Waals surface area (Å²) < 4.78 is 18.7. The van der Waals surface area contributed by atoms with Gasteiger partial charge in [-0.1, -0.05) is 30.3 Å². The first kappa shape index (κ1) is 19.6. The Morgan fingerprint density at radius 1 is 1.18 bits per heavy atom. The molecule has 1 aromatic heterocycles. The summed E-state index contributed by atoms with van der Waals surface area (Å²) >= 11 is 0. The van der Waals surface area contributed by atoms with Gasteiger partial charge in [-0.05, 0) is 43.2 Å². The van der Waals surface area contributed by atoms with Crippen LogP contribution in [-0.2, 0) is 20.7 Å². The largest absolute Gasteiger partial charge is 0.466 e. The minimum atomic E-state index is -0.491. The maximum Gasteiger partial charge on any atom is 0.308 e. The number of H-pyrrole nitrogens is 1. The van der Waals surface area contributed by atoms with Crippen LogP contribution in [0.1, 0.15) is 36.2 Å². The number of aryl methyl sites for hydroxylation is 1. The molecule has 0 bridgehead atoms. The number of benzene rings is 2. The van der Waals surface area contributed by atoms with Gasteiger partial charge in [-0.3, -0.25) is 9.59 Å². The number of halogens is 1. The Labute approximate surface area is 162 Å². The van der Waals surface area contributed by atoms with Gasteiger partial charge in [0.1, 0.15) is 5.82 Å². The summed E-state index contributed by atoms with van der Waals surface area (Å²) in [5, 5.41) is 3.61. The first-order chi connectivity index (χ1) is 13.5. The number of hydrogen-bond donors (Lipinski definition) is 2. The molecule has 28 heavy (non-hydrogen) atoms. The van der Waals surface area contributed by atoms with Crippen LogP contribution in [0.4, 0.5) is 4.39 Å². The molecule has 0 aliphatic carbocycles. The number of rotatable bonds is 7. The zero-order valence-corrected chi connectivity index (χ0v) is 15.9. The zero-order valence-electron chi connectivity index (χ0n) is 15.9. The minimum absolute atomic E-state index is 0.0467. The highest BCUT2D eigenvalue weighted by atomic mass is 19.1. The van der Waals surface area contributed by atoms with Crippen LogP contribution in [-0.4, -0.2) is 23.5 Å². The van der Waals surface area contributed by atoms with E-state index in [1.54, 1.807) is 13.0 Å². The molecule has 1 atom stereocenters. The number of ether oxygens (including phenoxy) is 1. The first-order valence-electron chi connectivity index (χ1n) is 9.24. The topological polar surface area (TPSA) is 71.2 Å². The number of aromatic amines is 1. The van der Waals surface area contributed by atoms with E-state index in [2.05, 4.69) is 10.3 Å². The second-order valence-electron chi connectivity index (χ2n) is 6.64. The SMILES string of the molecule is CCOC(=O)CC(NC(=O)Cc1c(C)[nH]c2ccc(F)cc12)c1ccccc1. The van der Waals surface area contributed by atoms with Gasteiger partial charge in [0.2, 0.25) is 5.91 Å². The van der Waals surface area contributed by atoms with Crippen molar-refractivity contribution in [2.75, 3.05) is 6.61 Å². The molecule has 0 spiro atoms. The van der Waals surface area contributed by atoms with Crippen molar-refractivity contribution in [3.05, 3.63) is 71.2 Å². The third kappa shape index (κ3) is 4.57. The van der Waals surface area contributed by atoms with E-state index in [-0.39, 0.29) is 37.1 Å². The molecule has 2 aromatic carbocycles. The highest BCUT2D eigenvalue weighted by Crippen LogP contribution is 2.24. The van der Waals surface area contributed by atoms with Gasteiger partial charge in [0.05, 0.1) is 25.5 Å². The van der Waals surface area contributed by atoms with E-state index in [9.17, 15) is 14.0 Å². The summed E-state index contributed by atoms with van der Waals surface area (Å²) in [6.07, 6.45) is 0.131. The minimum Gasteiger partial charge on any atom is -0.466 e. The molecule has 6 heteroatoms. The molecule has 0 saturated heterocycles. The summed E-state index contributed by atoms with van der Waals surface area (Å²) in [7, 11) is 0. The van der Waals surface area contributed by atoms with E-state index >= 15 is 0 Å². The number of hydrogen-bond acceptors (Lipinski definition) is 3. The van der Waals surface area contributed by atoms with Gasteiger partial charge in [-0.15, -0.1) is 0 Å². The van der Waals surface area contributed by atoms with Crippen LogP contribution in [0.5, 0.6) is 0 Å². The molecular formula is C22H23FN2O3. The predicted molar refractivity (Wildman–Crippen MR) is 105 cm³/mol. The smallest absolute Gasteiger partial charge is 0.308 e. The quantitative estimate of drug-likeness (QED) is 0.608. The van der Waals surface area contributed by atoms with Gasteiger partial charge in [0, 0.05) is 16.6 Å². The number of esters is 1. The number of amides is 1. The fourth-order valence-electron chi connectivity index (χ4n) is 3.31. The van der Waals surface area contributed by atoms with Gasteiger partial charge in [0.25, 0.3) is 0 Å². The molecule has 0 aliphatic rings. The Kier molecular flexibility index (Phi) is 6.09. The van der Waals surface area contributed by atoms with Crippen LogP contribution in [0.2, 0.25) is 0 Å². The molecule has 146 valence electrons. The average Bonchev–Trinajstić information content (AvgIpc) is 2.97. The Bertz CT molecular complexity index is 982. The summed E-state index contributed by atoms with van der Waals surface area (Å²) in [5.41, 5.74) is 3.17. The molecule has 3 aromatic rings. The Morgan fingerprint density at radius 2 is 1.93 bits per heavy atom. The molecule has 0 saturated carbocycles. The molecular weight excluding hydrogens is 359 g/mol. The lowest BCUT2D eigenvalue weighted by Gasteiger charge is -2.18. The zero-order chi connectivity index (χ0) is 20.1. The van der Waals surface area contributed by atoms with Crippen molar-refractivity contribution in [3.8, 4) is 0 Å². The molecule has 5 nitrogen and oxygen atoms in total. The van der Waals surface area contributed by atoms with Crippen LogP contribution < -0.4 is 5.32 Å². The van der Waals surface area contributed by atoms with Gasteiger partial charge in [-0.2, -0.15) is 0 Å². The first-order valence-corrected chi connectivity index (χ1v) is 9.24. The van der Waals surface area contributed by atoms with Gasteiger partial charge in [-0.25, -0.2) is 4.39 Å².